The maximum absolute atomic E-state index is 14.0. The Morgan fingerprint density at radius 2 is 1.55 bits per heavy atom. The number of hydrogen-bond donors (Lipinski definition) is 1. The highest BCUT2D eigenvalue weighted by Crippen LogP contribution is 2.43. The highest BCUT2D eigenvalue weighted by molar-refractivity contribution is 8.00. The first kappa shape index (κ1) is 27.5. The Labute approximate surface area is 247 Å². The van der Waals surface area contributed by atoms with Crippen LogP contribution in [-0.2, 0) is 35.1 Å². The van der Waals surface area contributed by atoms with Gasteiger partial charge in [0.05, 0.1) is 6.42 Å². The molecule has 0 aromatic heterocycles. The molecule has 0 bridgehead atoms. The minimum Gasteiger partial charge on any atom is -0.455 e. The van der Waals surface area contributed by atoms with Crippen molar-refractivity contribution in [2.75, 3.05) is 5.75 Å². The van der Waals surface area contributed by atoms with Gasteiger partial charge >= 0.3 is 11.9 Å². The molecule has 6 rings (SSSR count). The van der Waals surface area contributed by atoms with Crippen LogP contribution < -0.4 is 5.32 Å². The first-order valence-corrected chi connectivity index (χ1v) is 14.7. The number of carbonyl (C=O) groups is 4. The van der Waals surface area contributed by atoms with E-state index >= 15 is 0 Å². The average Bonchev–Trinajstić information content (AvgIpc) is 3.43. The second kappa shape index (κ2) is 12.1. The first-order valence-electron chi connectivity index (χ1n) is 13.7. The van der Waals surface area contributed by atoms with Crippen LogP contribution in [0.3, 0.4) is 0 Å². The minimum atomic E-state index is -0.765. The summed E-state index contributed by atoms with van der Waals surface area (Å²) in [6.07, 6.45) is 2.16. The Morgan fingerprint density at radius 3 is 2.14 bits per heavy atom. The number of β-lactam (4-membered cyclic amide) rings is 1. The van der Waals surface area contributed by atoms with E-state index in [0.29, 0.717) is 11.3 Å². The second-order valence-electron chi connectivity index (χ2n) is 10.2. The van der Waals surface area contributed by atoms with Crippen molar-refractivity contribution in [1.29, 1.82) is 0 Å². The van der Waals surface area contributed by atoms with Gasteiger partial charge in [0.1, 0.15) is 23.2 Å². The predicted molar refractivity (Wildman–Crippen MR) is 157 cm³/mol. The molecule has 0 spiro atoms. The summed E-state index contributed by atoms with van der Waals surface area (Å²) in [5.74, 6) is -1.33. The van der Waals surface area contributed by atoms with Gasteiger partial charge in [-0.25, -0.2) is 9.59 Å². The van der Waals surface area contributed by atoms with Gasteiger partial charge in [-0.05, 0) is 28.3 Å². The van der Waals surface area contributed by atoms with Crippen LogP contribution in [0, 0.1) is 0 Å². The van der Waals surface area contributed by atoms with Crippen LogP contribution in [0.5, 0.6) is 0 Å². The van der Waals surface area contributed by atoms with E-state index in [1.54, 1.807) is 6.08 Å². The molecule has 9 heteroatoms. The number of thioether (sulfide) groups is 1. The molecule has 3 aliphatic rings. The highest BCUT2D eigenvalue weighted by atomic mass is 32.2. The monoisotopic (exact) mass is 580 g/mol. The van der Waals surface area contributed by atoms with Gasteiger partial charge in [0.2, 0.25) is 5.91 Å². The molecule has 3 aromatic carbocycles. The molecule has 0 saturated carbocycles. The third kappa shape index (κ3) is 5.73. The number of amides is 2. The number of nitrogens with one attached hydrogen (secondary N) is 1. The SMILES string of the molecule is O=C(Cc1ccccc1)N[C@@H]1C(=O)N2C(C(=O)OC(c3ccccc3)c3ccccc3)=C(CC3C=CC(=O)O3)CS[C@H]12. The summed E-state index contributed by atoms with van der Waals surface area (Å²) in [4.78, 5) is 53.4. The first-order chi connectivity index (χ1) is 20.5. The number of nitrogens with zero attached hydrogens (tertiary/aromatic N) is 1. The smallest absolute Gasteiger partial charge is 0.356 e. The van der Waals surface area contributed by atoms with Crippen LogP contribution in [0.2, 0.25) is 0 Å². The molecule has 8 nitrogen and oxygen atoms in total. The van der Waals surface area contributed by atoms with Gasteiger partial charge in [-0.15, -0.1) is 11.8 Å². The summed E-state index contributed by atoms with van der Waals surface area (Å²) >= 11 is 1.46. The quantitative estimate of drug-likeness (QED) is 0.301. The van der Waals surface area contributed by atoms with E-state index in [0.717, 1.165) is 16.7 Å². The highest BCUT2D eigenvalue weighted by Gasteiger charge is 2.54. The number of hydrogen-bond acceptors (Lipinski definition) is 7. The Balaban J connectivity index is 1.27. The molecule has 3 atom stereocenters. The van der Waals surface area contributed by atoms with Crippen molar-refractivity contribution in [2.45, 2.75) is 36.5 Å². The molecular weight excluding hydrogens is 552 g/mol. The van der Waals surface area contributed by atoms with Crippen molar-refractivity contribution in [3.05, 3.63) is 131 Å². The van der Waals surface area contributed by atoms with Gasteiger partial charge in [0.15, 0.2) is 6.10 Å². The zero-order valence-corrected chi connectivity index (χ0v) is 23.4. The van der Waals surface area contributed by atoms with E-state index < -0.39 is 35.6 Å². The lowest BCUT2D eigenvalue weighted by Crippen LogP contribution is -2.70. The van der Waals surface area contributed by atoms with Crippen LogP contribution in [0.15, 0.2) is 114 Å². The Bertz CT molecular complexity index is 1520. The zero-order chi connectivity index (χ0) is 29.1. The van der Waals surface area contributed by atoms with Crippen molar-refractivity contribution in [2.24, 2.45) is 0 Å². The van der Waals surface area contributed by atoms with E-state index in [2.05, 4.69) is 5.32 Å². The Kier molecular flexibility index (Phi) is 7.92. The van der Waals surface area contributed by atoms with Crippen LogP contribution in [0.1, 0.15) is 29.2 Å². The zero-order valence-electron chi connectivity index (χ0n) is 22.6. The second-order valence-corrected chi connectivity index (χ2v) is 11.3. The normalized spacial score (nSPS) is 21.1. The molecule has 0 radical (unpaired) electrons. The summed E-state index contributed by atoms with van der Waals surface area (Å²) in [5, 5.41) is 2.39. The van der Waals surface area contributed by atoms with Crippen LogP contribution in [0.4, 0.5) is 0 Å². The number of carbonyl (C=O) groups excluding carboxylic acids is 4. The number of fused-ring (bicyclic) bond motifs is 1. The summed E-state index contributed by atoms with van der Waals surface area (Å²) in [5.41, 5.74) is 3.20. The molecule has 3 aliphatic heterocycles. The largest absolute Gasteiger partial charge is 0.455 e. The van der Waals surface area contributed by atoms with Gasteiger partial charge in [-0.2, -0.15) is 0 Å². The van der Waals surface area contributed by atoms with Crippen LogP contribution >= 0.6 is 11.8 Å². The molecular formula is C33H28N2O6S. The minimum absolute atomic E-state index is 0.144. The van der Waals surface area contributed by atoms with Gasteiger partial charge < -0.3 is 14.8 Å². The number of esters is 2. The van der Waals surface area contributed by atoms with Crippen molar-refractivity contribution < 1.29 is 28.7 Å². The van der Waals surface area contributed by atoms with Crippen LogP contribution in [-0.4, -0.2) is 51.9 Å². The molecule has 3 aromatic rings. The molecule has 1 fully saturated rings. The van der Waals surface area contributed by atoms with E-state index in [1.165, 1.54) is 22.7 Å². The van der Waals surface area contributed by atoms with Gasteiger partial charge in [0, 0.05) is 18.2 Å². The summed E-state index contributed by atoms with van der Waals surface area (Å²) < 4.78 is 11.5. The van der Waals surface area contributed by atoms with E-state index in [4.69, 9.17) is 9.47 Å². The third-order valence-corrected chi connectivity index (χ3v) is 8.70. The molecule has 0 aliphatic carbocycles. The van der Waals surface area contributed by atoms with Gasteiger partial charge in [0.25, 0.3) is 5.91 Å². The summed E-state index contributed by atoms with van der Waals surface area (Å²) in [7, 11) is 0. The van der Waals surface area contributed by atoms with E-state index in [9.17, 15) is 19.2 Å². The summed E-state index contributed by atoms with van der Waals surface area (Å²) in [6, 6.07) is 27.3. The predicted octanol–water partition coefficient (Wildman–Crippen LogP) is 4.09. The van der Waals surface area contributed by atoms with Crippen molar-refractivity contribution >= 4 is 35.5 Å². The van der Waals surface area contributed by atoms with E-state index in [-0.39, 0.29) is 30.4 Å². The Morgan fingerprint density at radius 1 is 0.929 bits per heavy atom. The van der Waals surface area contributed by atoms with Gasteiger partial charge in [-0.1, -0.05) is 91.0 Å². The van der Waals surface area contributed by atoms with Crippen molar-refractivity contribution in [3.8, 4) is 0 Å². The van der Waals surface area contributed by atoms with Crippen LogP contribution in [0.25, 0.3) is 0 Å². The molecule has 42 heavy (non-hydrogen) atoms. The summed E-state index contributed by atoms with van der Waals surface area (Å²) in [6.45, 7) is 0. The number of cyclic esters (lactones) is 1. The number of ether oxygens (including phenoxy) is 2. The fourth-order valence-corrected chi connectivity index (χ4v) is 6.71. The molecule has 1 N–H and O–H groups in total. The number of rotatable bonds is 9. The fourth-order valence-electron chi connectivity index (χ4n) is 5.35. The molecule has 2 amide bonds. The molecule has 3 heterocycles. The van der Waals surface area contributed by atoms with E-state index in [1.807, 2.05) is 91.0 Å². The lowest BCUT2D eigenvalue weighted by atomic mass is 9.98. The standard InChI is InChI=1S/C33H28N2O6S/c36-26(18-21-10-4-1-5-11-21)34-28-31(38)35-29(24(20-42-32(28)35)19-25-16-17-27(37)40-25)33(39)41-30(22-12-6-2-7-13-22)23-14-8-3-9-15-23/h1-17,25,28,30,32H,18-20H2,(H,34,36)/t25?,28-,32-/m1/s1. The third-order valence-electron chi connectivity index (χ3n) is 7.36. The lowest BCUT2D eigenvalue weighted by molar-refractivity contribution is -0.154. The maximum Gasteiger partial charge on any atom is 0.356 e. The maximum atomic E-state index is 14.0. The molecule has 212 valence electrons. The Hall–Kier alpha value is -4.63. The molecule has 1 unspecified atom stereocenters. The topological polar surface area (TPSA) is 102 Å². The molecule has 1 saturated heterocycles. The van der Waals surface area contributed by atoms with Gasteiger partial charge in [-0.3, -0.25) is 14.5 Å². The number of benzene rings is 3. The lowest BCUT2D eigenvalue weighted by Gasteiger charge is -2.50. The van der Waals surface area contributed by atoms with Crippen molar-refractivity contribution in [1.82, 2.24) is 10.2 Å². The van der Waals surface area contributed by atoms with Crippen molar-refractivity contribution in [3.63, 3.8) is 0 Å². The fraction of sp³-hybridized carbons (Fsp3) is 0.212. The average molecular weight is 581 g/mol.